The largest absolute Gasteiger partial charge is 0.496 e. The molecule has 2 fully saturated rings. The van der Waals surface area contributed by atoms with Crippen molar-refractivity contribution in [2.75, 3.05) is 20.7 Å². The summed E-state index contributed by atoms with van der Waals surface area (Å²) in [6.07, 6.45) is 3.33. The summed E-state index contributed by atoms with van der Waals surface area (Å²) in [5.41, 5.74) is 4.65. The van der Waals surface area contributed by atoms with Gasteiger partial charge in [0.15, 0.2) is 0 Å². The molecule has 5 rings (SSSR count). The molecule has 0 radical (unpaired) electrons. The molecule has 1 atom stereocenters. The average molecular weight is 468 g/mol. The molecule has 0 unspecified atom stereocenters. The topological polar surface area (TPSA) is 57.4 Å². The summed E-state index contributed by atoms with van der Waals surface area (Å²) in [4.78, 5) is 17.7. The number of ether oxygens (including phenoxy) is 1. The molecule has 0 bridgehead atoms. The van der Waals surface area contributed by atoms with E-state index in [0.717, 1.165) is 46.3 Å². The molecule has 34 heavy (non-hydrogen) atoms. The van der Waals surface area contributed by atoms with Crippen molar-refractivity contribution in [3.8, 4) is 5.75 Å². The second kappa shape index (κ2) is 8.38. The molecule has 1 aromatic heterocycles. The molecule has 1 spiro atoms. The fourth-order valence-corrected chi connectivity index (χ4v) is 6.05. The Morgan fingerprint density at radius 2 is 1.97 bits per heavy atom. The minimum absolute atomic E-state index is 0.0106. The maximum Gasteiger partial charge on any atom is 0.251 e. The van der Waals surface area contributed by atoms with E-state index in [1.165, 1.54) is 0 Å². The molecular formula is C27H31F2N3O2. The maximum absolute atomic E-state index is 13.9. The van der Waals surface area contributed by atoms with Gasteiger partial charge in [-0.25, -0.2) is 8.78 Å². The maximum atomic E-state index is 13.9. The van der Waals surface area contributed by atoms with Crippen molar-refractivity contribution in [1.29, 1.82) is 0 Å². The standard InChI is InChI=1S/C27H31F2N3O2/c1-17-12-23(34-3)21(20-8-10-31-24(17)20)14-32-11-9-26(15-27(28,29)16-26)13-22(32)18-4-6-19(7-5-18)25(33)30-2/h4-8,10,12,22,31H,9,11,13-16H2,1-3H3,(H,30,33)/t22-/m1/s1. The summed E-state index contributed by atoms with van der Waals surface area (Å²) in [6.45, 7) is 3.45. The van der Waals surface area contributed by atoms with Gasteiger partial charge in [-0.1, -0.05) is 12.1 Å². The number of carbonyl (C=O) groups is 1. The van der Waals surface area contributed by atoms with Crippen LogP contribution in [0.2, 0.25) is 0 Å². The Bertz CT molecular complexity index is 1210. The number of rotatable bonds is 5. The van der Waals surface area contributed by atoms with Crippen LogP contribution in [0.15, 0.2) is 42.6 Å². The highest BCUT2D eigenvalue weighted by Crippen LogP contribution is 2.60. The summed E-state index contributed by atoms with van der Waals surface area (Å²) in [6, 6.07) is 11.7. The third-order valence-electron chi connectivity index (χ3n) is 7.74. The first-order valence-corrected chi connectivity index (χ1v) is 11.8. The molecular weight excluding hydrogens is 436 g/mol. The fourth-order valence-electron chi connectivity index (χ4n) is 6.05. The smallest absolute Gasteiger partial charge is 0.251 e. The molecule has 180 valence electrons. The van der Waals surface area contributed by atoms with E-state index in [4.69, 9.17) is 4.74 Å². The monoisotopic (exact) mass is 467 g/mol. The van der Waals surface area contributed by atoms with Crippen LogP contribution < -0.4 is 10.1 Å². The zero-order chi connectivity index (χ0) is 24.1. The fraction of sp³-hybridized carbons (Fsp3) is 0.444. The van der Waals surface area contributed by atoms with Crippen molar-refractivity contribution in [2.24, 2.45) is 5.41 Å². The number of nitrogens with zero attached hydrogens (tertiary/aromatic N) is 1. The molecule has 1 saturated carbocycles. The molecule has 1 saturated heterocycles. The van der Waals surface area contributed by atoms with Gasteiger partial charge in [-0.3, -0.25) is 9.69 Å². The molecule has 1 aliphatic carbocycles. The number of hydrogen-bond acceptors (Lipinski definition) is 3. The molecule has 5 nitrogen and oxygen atoms in total. The second-order valence-electron chi connectivity index (χ2n) is 9.99. The van der Waals surface area contributed by atoms with Gasteiger partial charge < -0.3 is 15.0 Å². The number of methoxy groups -OCH3 is 1. The summed E-state index contributed by atoms with van der Waals surface area (Å²) < 4.78 is 33.6. The lowest BCUT2D eigenvalue weighted by Gasteiger charge is -2.54. The van der Waals surface area contributed by atoms with Gasteiger partial charge in [-0.2, -0.15) is 0 Å². The minimum Gasteiger partial charge on any atom is -0.496 e. The van der Waals surface area contributed by atoms with Gasteiger partial charge in [0.25, 0.3) is 5.91 Å². The predicted molar refractivity (Wildman–Crippen MR) is 128 cm³/mol. The van der Waals surface area contributed by atoms with E-state index in [9.17, 15) is 13.6 Å². The highest BCUT2D eigenvalue weighted by Gasteiger charge is 2.58. The number of likely N-dealkylation sites (tertiary alicyclic amines) is 1. The number of aryl methyl sites for hydroxylation is 1. The van der Waals surface area contributed by atoms with Crippen LogP contribution in [-0.4, -0.2) is 42.4 Å². The Kier molecular flexibility index (Phi) is 5.63. The lowest BCUT2D eigenvalue weighted by atomic mass is 9.59. The third-order valence-corrected chi connectivity index (χ3v) is 7.74. The number of piperidine rings is 1. The number of amides is 1. The van der Waals surface area contributed by atoms with E-state index in [0.29, 0.717) is 18.5 Å². The van der Waals surface area contributed by atoms with E-state index >= 15 is 0 Å². The van der Waals surface area contributed by atoms with Gasteiger partial charge in [0.1, 0.15) is 5.75 Å². The number of fused-ring (bicyclic) bond motifs is 1. The quantitative estimate of drug-likeness (QED) is 0.514. The minimum atomic E-state index is -2.55. The number of aromatic amines is 1. The average Bonchev–Trinajstić information content (AvgIpc) is 3.31. The van der Waals surface area contributed by atoms with Crippen LogP contribution in [0, 0.1) is 12.3 Å². The number of aromatic nitrogens is 1. The number of hydrogen-bond donors (Lipinski definition) is 2. The number of alkyl halides is 2. The SMILES string of the molecule is CNC(=O)c1ccc([C@H]2CC3(CCN2Cc2c(OC)cc(C)c4[nH]ccc24)CC(F)(F)C3)cc1. The molecule has 1 aliphatic heterocycles. The lowest BCUT2D eigenvalue weighted by molar-refractivity contribution is -0.186. The van der Waals surface area contributed by atoms with Crippen molar-refractivity contribution in [2.45, 2.75) is 51.1 Å². The Morgan fingerprint density at radius 1 is 1.24 bits per heavy atom. The molecule has 2 aromatic carbocycles. The van der Waals surface area contributed by atoms with E-state index in [1.807, 2.05) is 30.5 Å². The van der Waals surface area contributed by atoms with Crippen molar-refractivity contribution in [3.63, 3.8) is 0 Å². The number of H-pyrrole nitrogens is 1. The first-order valence-electron chi connectivity index (χ1n) is 11.8. The van der Waals surface area contributed by atoms with Crippen LogP contribution in [0.4, 0.5) is 8.78 Å². The number of carbonyl (C=O) groups excluding carboxylic acids is 1. The molecule has 2 aliphatic rings. The van der Waals surface area contributed by atoms with E-state index in [2.05, 4.69) is 34.3 Å². The van der Waals surface area contributed by atoms with Crippen LogP contribution in [-0.2, 0) is 6.54 Å². The second-order valence-corrected chi connectivity index (χ2v) is 9.99. The highest BCUT2D eigenvalue weighted by atomic mass is 19.3. The highest BCUT2D eigenvalue weighted by molar-refractivity contribution is 5.94. The number of halogens is 2. The molecule has 3 aromatic rings. The van der Waals surface area contributed by atoms with Gasteiger partial charge in [0.05, 0.1) is 7.11 Å². The predicted octanol–water partition coefficient (Wildman–Crippen LogP) is 5.60. The Morgan fingerprint density at radius 3 is 2.62 bits per heavy atom. The number of benzene rings is 2. The van der Waals surface area contributed by atoms with Crippen LogP contribution in [0.5, 0.6) is 5.75 Å². The van der Waals surface area contributed by atoms with Gasteiger partial charge >= 0.3 is 0 Å². The van der Waals surface area contributed by atoms with Crippen molar-refractivity contribution >= 4 is 16.8 Å². The van der Waals surface area contributed by atoms with Crippen molar-refractivity contribution < 1.29 is 18.3 Å². The van der Waals surface area contributed by atoms with Crippen molar-refractivity contribution in [1.82, 2.24) is 15.2 Å². The Balaban J connectivity index is 1.50. The first kappa shape index (κ1) is 22.8. The Hall–Kier alpha value is -2.93. The van der Waals surface area contributed by atoms with Gasteiger partial charge in [0.2, 0.25) is 5.92 Å². The molecule has 2 heterocycles. The van der Waals surface area contributed by atoms with Gasteiger partial charge in [-0.15, -0.1) is 0 Å². The number of nitrogens with one attached hydrogen (secondary N) is 2. The zero-order valence-electron chi connectivity index (χ0n) is 19.9. The first-order chi connectivity index (χ1) is 16.2. The van der Waals surface area contributed by atoms with Crippen LogP contribution in [0.25, 0.3) is 10.9 Å². The van der Waals surface area contributed by atoms with Crippen LogP contribution in [0.3, 0.4) is 0 Å². The van der Waals surface area contributed by atoms with E-state index in [-0.39, 0.29) is 30.2 Å². The van der Waals surface area contributed by atoms with Gasteiger partial charge in [-0.05, 0) is 67.1 Å². The van der Waals surface area contributed by atoms with Crippen LogP contribution in [0.1, 0.15) is 58.8 Å². The summed E-state index contributed by atoms with van der Waals surface area (Å²) in [5.74, 6) is -1.84. The van der Waals surface area contributed by atoms with Gasteiger partial charge in [0, 0.05) is 60.7 Å². The summed E-state index contributed by atoms with van der Waals surface area (Å²) in [5, 5.41) is 3.77. The van der Waals surface area contributed by atoms with Crippen LogP contribution >= 0.6 is 0 Å². The zero-order valence-corrected chi connectivity index (χ0v) is 19.9. The summed E-state index contributed by atoms with van der Waals surface area (Å²) in [7, 11) is 3.30. The normalized spacial score (nSPS) is 21.4. The molecule has 2 N–H and O–H groups in total. The van der Waals surface area contributed by atoms with Crippen molar-refractivity contribution in [3.05, 3.63) is 64.8 Å². The lowest BCUT2D eigenvalue weighted by Crippen LogP contribution is -2.53. The third kappa shape index (κ3) is 3.96. The Labute approximate surface area is 198 Å². The molecule has 7 heteroatoms. The van der Waals surface area contributed by atoms with E-state index < -0.39 is 5.92 Å². The molecule has 1 amide bonds. The summed E-state index contributed by atoms with van der Waals surface area (Å²) >= 11 is 0. The van der Waals surface area contributed by atoms with E-state index in [1.54, 1.807) is 14.2 Å².